The lowest BCUT2D eigenvalue weighted by atomic mass is 9.96. The van der Waals surface area contributed by atoms with Crippen molar-refractivity contribution in [1.82, 2.24) is 19.5 Å². The van der Waals surface area contributed by atoms with Crippen molar-refractivity contribution < 1.29 is 4.42 Å². The maximum atomic E-state index is 6.30. The quantitative estimate of drug-likeness (QED) is 0.167. The summed E-state index contributed by atoms with van der Waals surface area (Å²) in [4.78, 5) is 15.3. The Morgan fingerprint density at radius 1 is 0.343 bits per heavy atom. The average Bonchev–Trinajstić information content (AvgIpc) is 4.09. The van der Waals surface area contributed by atoms with E-state index in [1.807, 2.05) is 65.9 Å². The summed E-state index contributed by atoms with van der Waals surface area (Å²) in [6, 6.07) is 77.6. The molecule has 0 spiro atoms. The van der Waals surface area contributed by atoms with E-state index in [4.69, 9.17) is 19.4 Å². The molecule has 0 aliphatic heterocycles. The van der Waals surface area contributed by atoms with Crippen LogP contribution in [0.4, 0.5) is 0 Å². The molecule has 4 heterocycles. The molecule has 0 bridgehead atoms. The van der Waals surface area contributed by atoms with Gasteiger partial charge >= 0.3 is 0 Å². The molecule has 0 saturated carbocycles. The number of nitrogens with zero attached hydrogens (tertiary/aromatic N) is 4. The van der Waals surface area contributed by atoms with Crippen LogP contribution < -0.4 is 0 Å². The highest BCUT2D eigenvalue weighted by Crippen LogP contribution is 2.44. The third-order valence-electron chi connectivity index (χ3n) is 13.3. The Balaban J connectivity index is 0.938. The van der Waals surface area contributed by atoms with Crippen LogP contribution in [-0.4, -0.2) is 19.5 Å². The van der Waals surface area contributed by atoms with Crippen LogP contribution in [0.15, 0.2) is 223 Å². The van der Waals surface area contributed by atoms with E-state index < -0.39 is 0 Å². The zero-order valence-electron chi connectivity index (χ0n) is 35.9. The molecule has 67 heavy (non-hydrogen) atoms. The van der Waals surface area contributed by atoms with Crippen molar-refractivity contribution >= 4 is 86.0 Å². The Morgan fingerprint density at radius 2 is 0.910 bits per heavy atom. The van der Waals surface area contributed by atoms with Crippen LogP contribution in [0.5, 0.6) is 0 Å². The van der Waals surface area contributed by atoms with E-state index in [-0.39, 0.29) is 0 Å². The Kier molecular flexibility index (Phi) is 8.38. The van der Waals surface area contributed by atoms with Crippen molar-refractivity contribution in [3.8, 4) is 62.1 Å². The molecule has 0 saturated heterocycles. The molecule has 0 unspecified atom stereocenters. The zero-order chi connectivity index (χ0) is 44.0. The maximum Gasteiger partial charge on any atom is 0.164 e. The normalized spacial score (nSPS) is 11.9. The molecule has 5 nitrogen and oxygen atoms in total. The standard InChI is InChI=1S/C61H36N4OS/c1-2-14-38(15-3-1)59-62-60(64-61(63-59)42-30-33-48-47-19-6-8-25-53(47)66-54(48)36-42)39-27-31-43(32-28-39)65-56-44-18-5-4-13-37(44)29-34-51(56)50-23-11-21-45(57(50)65)40-16-10-17-41(35-40)46-22-12-24-52-49-20-7-9-26-55(49)67-58(46)52/h1-36H. The first-order valence-electron chi connectivity index (χ1n) is 22.5. The lowest BCUT2D eigenvalue weighted by Crippen LogP contribution is -2.01. The predicted octanol–water partition coefficient (Wildman–Crippen LogP) is 16.7. The lowest BCUT2D eigenvalue weighted by molar-refractivity contribution is 0.669. The molecule has 0 aliphatic carbocycles. The molecule has 6 heteroatoms. The van der Waals surface area contributed by atoms with Gasteiger partial charge in [0.05, 0.1) is 11.0 Å². The van der Waals surface area contributed by atoms with Crippen molar-refractivity contribution in [2.45, 2.75) is 0 Å². The number of fused-ring (bicyclic) bond motifs is 11. The fourth-order valence-electron chi connectivity index (χ4n) is 10.1. The van der Waals surface area contributed by atoms with Gasteiger partial charge in [-0.25, -0.2) is 15.0 Å². The minimum Gasteiger partial charge on any atom is -0.456 e. The molecule has 0 fully saturated rings. The minimum atomic E-state index is 0.583. The summed E-state index contributed by atoms with van der Waals surface area (Å²) in [6.07, 6.45) is 0. The van der Waals surface area contributed by atoms with Crippen LogP contribution in [0, 0.1) is 0 Å². The number of hydrogen-bond acceptors (Lipinski definition) is 5. The van der Waals surface area contributed by atoms with Gasteiger partial charge in [0.2, 0.25) is 0 Å². The number of thiophene rings is 1. The van der Waals surface area contributed by atoms with Crippen molar-refractivity contribution in [3.63, 3.8) is 0 Å². The molecule has 10 aromatic carbocycles. The van der Waals surface area contributed by atoms with Gasteiger partial charge in [0.1, 0.15) is 11.2 Å². The maximum absolute atomic E-state index is 6.30. The van der Waals surface area contributed by atoms with Crippen LogP contribution >= 0.6 is 11.3 Å². The lowest BCUT2D eigenvalue weighted by Gasteiger charge is -2.14. The number of aromatic nitrogens is 4. The van der Waals surface area contributed by atoms with Crippen molar-refractivity contribution in [2.24, 2.45) is 0 Å². The van der Waals surface area contributed by atoms with Gasteiger partial charge in [-0.05, 0) is 76.7 Å². The van der Waals surface area contributed by atoms with E-state index in [0.717, 1.165) is 55.4 Å². The Morgan fingerprint density at radius 3 is 1.75 bits per heavy atom. The summed E-state index contributed by atoms with van der Waals surface area (Å²) < 4.78 is 11.4. The van der Waals surface area contributed by atoms with E-state index in [9.17, 15) is 0 Å². The topological polar surface area (TPSA) is 56.7 Å². The van der Waals surface area contributed by atoms with Gasteiger partial charge in [0.15, 0.2) is 17.5 Å². The van der Waals surface area contributed by atoms with E-state index in [0.29, 0.717) is 17.5 Å². The smallest absolute Gasteiger partial charge is 0.164 e. The number of para-hydroxylation sites is 2. The van der Waals surface area contributed by atoms with E-state index in [2.05, 4.69) is 168 Å². The van der Waals surface area contributed by atoms with E-state index in [1.54, 1.807) is 0 Å². The number of rotatable bonds is 6. The summed E-state index contributed by atoms with van der Waals surface area (Å²) >= 11 is 1.87. The van der Waals surface area contributed by atoms with Crippen molar-refractivity contribution in [3.05, 3.63) is 218 Å². The summed E-state index contributed by atoms with van der Waals surface area (Å²) in [6.45, 7) is 0. The first-order valence-corrected chi connectivity index (χ1v) is 23.3. The summed E-state index contributed by atoms with van der Waals surface area (Å²) in [5.74, 6) is 1.79. The van der Waals surface area contributed by atoms with Crippen molar-refractivity contribution in [2.75, 3.05) is 0 Å². The molecule has 312 valence electrons. The van der Waals surface area contributed by atoms with Gasteiger partial charge in [-0.15, -0.1) is 11.3 Å². The predicted molar refractivity (Wildman–Crippen MR) is 279 cm³/mol. The number of furan rings is 1. The second kappa shape index (κ2) is 14.9. The summed E-state index contributed by atoms with van der Waals surface area (Å²) in [7, 11) is 0. The van der Waals surface area contributed by atoms with Crippen LogP contribution in [0.3, 0.4) is 0 Å². The molecule has 14 rings (SSSR count). The molecule has 0 N–H and O–H groups in total. The van der Waals surface area contributed by atoms with Gasteiger partial charge in [-0.1, -0.05) is 164 Å². The third-order valence-corrected chi connectivity index (χ3v) is 14.5. The van der Waals surface area contributed by atoms with E-state index in [1.165, 1.54) is 63.9 Å². The molecular formula is C61H36N4OS. The van der Waals surface area contributed by atoms with Gasteiger partial charge < -0.3 is 8.98 Å². The Hall–Kier alpha value is -8.71. The zero-order valence-corrected chi connectivity index (χ0v) is 36.7. The van der Waals surface area contributed by atoms with Crippen molar-refractivity contribution in [1.29, 1.82) is 0 Å². The Bertz CT molecular complexity index is 4280. The van der Waals surface area contributed by atoms with Gasteiger partial charge in [0, 0.05) is 75.0 Å². The van der Waals surface area contributed by atoms with Crippen LogP contribution in [-0.2, 0) is 0 Å². The molecule has 0 amide bonds. The molecular weight excluding hydrogens is 837 g/mol. The minimum absolute atomic E-state index is 0.583. The monoisotopic (exact) mass is 872 g/mol. The average molecular weight is 873 g/mol. The fourth-order valence-corrected chi connectivity index (χ4v) is 11.4. The van der Waals surface area contributed by atoms with Crippen LogP contribution in [0.2, 0.25) is 0 Å². The third kappa shape index (κ3) is 6.04. The summed E-state index contributed by atoms with van der Waals surface area (Å²) in [5, 5.41) is 9.57. The number of benzene rings is 10. The van der Waals surface area contributed by atoms with Crippen LogP contribution in [0.25, 0.3) is 137 Å². The highest BCUT2D eigenvalue weighted by Gasteiger charge is 2.21. The molecule has 0 atom stereocenters. The van der Waals surface area contributed by atoms with Gasteiger partial charge in [-0.3, -0.25) is 0 Å². The molecule has 0 radical (unpaired) electrons. The first-order chi connectivity index (χ1) is 33.2. The van der Waals surface area contributed by atoms with Gasteiger partial charge in [-0.2, -0.15) is 0 Å². The highest BCUT2D eigenvalue weighted by molar-refractivity contribution is 7.26. The second-order valence-electron chi connectivity index (χ2n) is 17.1. The SMILES string of the molecule is c1ccc(-c2nc(-c3ccc(-n4c5c(-c6cccc(-c7cccc8c7sc7ccccc78)c6)cccc5c5ccc6ccccc6c54)cc3)nc(-c3ccc4c(c3)oc3ccccc34)n2)cc1. The molecule has 14 aromatic rings. The number of hydrogen-bond donors (Lipinski definition) is 0. The first kappa shape index (κ1) is 37.6. The highest BCUT2D eigenvalue weighted by atomic mass is 32.1. The molecule has 0 aliphatic rings. The summed E-state index contributed by atoms with van der Waals surface area (Å²) in [5.41, 5.74) is 12.5. The molecule has 4 aromatic heterocycles. The Labute approximate surface area is 388 Å². The van der Waals surface area contributed by atoms with Crippen LogP contribution in [0.1, 0.15) is 0 Å². The second-order valence-corrected chi connectivity index (χ2v) is 18.2. The largest absolute Gasteiger partial charge is 0.456 e. The van der Waals surface area contributed by atoms with Gasteiger partial charge in [0.25, 0.3) is 0 Å². The van der Waals surface area contributed by atoms with E-state index >= 15 is 0 Å². The fraction of sp³-hybridized carbons (Fsp3) is 0.